The van der Waals surface area contributed by atoms with Gasteiger partial charge in [0.1, 0.15) is 42.7 Å². The molecule has 0 bridgehead atoms. The molecule has 1 unspecified atom stereocenters. The summed E-state index contributed by atoms with van der Waals surface area (Å²) >= 11 is 0. The van der Waals surface area contributed by atoms with Gasteiger partial charge < -0.3 is 50.0 Å². The lowest BCUT2D eigenvalue weighted by molar-refractivity contribution is -0.343. The van der Waals surface area contributed by atoms with Crippen LogP contribution in [0, 0.1) is 0 Å². The number of hydrogen-bond acceptors (Lipinski definition) is 10. The average molecular weight is 312 g/mol. The van der Waals surface area contributed by atoms with Crippen molar-refractivity contribution in [2.75, 3.05) is 13.2 Å². The van der Waals surface area contributed by atoms with Gasteiger partial charge in [0, 0.05) is 0 Å². The van der Waals surface area contributed by atoms with Crippen molar-refractivity contribution >= 4 is 0 Å². The standard InChI is InChI=1S/C11H20O10/c12-1-4-6(15)9(8(17)10(18)20-4)21-11-7(16)5(14)3(13)2-19-11/h3-18H,1-2H2/t3-,4-,5+,6-,7-,8-,9+,10?,11-/m1/s1. The van der Waals surface area contributed by atoms with Crippen molar-refractivity contribution < 1.29 is 50.0 Å². The van der Waals surface area contributed by atoms with E-state index in [4.69, 9.17) is 19.3 Å². The summed E-state index contributed by atoms with van der Waals surface area (Å²) in [5.74, 6) is 0. The number of hydrogen-bond donors (Lipinski definition) is 7. The summed E-state index contributed by atoms with van der Waals surface area (Å²) in [6.45, 7) is -0.940. The summed E-state index contributed by atoms with van der Waals surface area (Å²) in [5, 5.41) is 66.8. The van der Waals surface area contributed by atoms with Crippen LogP contribution in [0.1, 0.15) is 0 Å². The first kappa shape index (κ1) is 17.0. The normalized spacial score (nSPS) is 51.9. The summed E-state index contributed by atoms with van der Waals surface area (Å²) in [4.78, 5) is 0. The third-order valence-corrected chi connectivity index (χ3v) is 3.59. The van der Waals surface area contributed by atoms with Crippen LogP contribution in [-0.2, 0) is 14.2 Å². The third kappa shape index (κ3) is 3.35. The quantitative estimate of drug-likeness (QED) is 0.268. The molecular weight excluding hydrogens is 292 g/mol. The minimum absolute atomic E-state index is 0.315. The summed E-state index contributed by atoms with van der Waals surface area (Å²) in [7, 11) is 0. The van der Waals surface area contributed by atoms with Gasteiger partial charge in [-0.25, -0.2) is 0 Å². The maximum atomic E-state index is 9.92. The van der Waals surface area contributed by atoms with Crippen LogP contribution in [0.25, 0.3) is 0 Å². The highest BCUT2D eigenvalue weighted by molar-refractivity contribution is 4.91. The van der Waals surface area contributed by atoms with Crippen LogP contribution in [0.15, 0.2) is 0 Å². The second kappa shape index (κ2) is 6.79. The zero-order valence-electron chi connectivity index (χ0n) is 11.0. The van der Waals surface area contributed by atoms with E-state index in [2.05, 4.69) is 0 Å². The Morgan fingerprint density at radius 1 is 0.905 bits per heavy atom. The van der Waals surface area contributed by atoms with Gasteiger partial charge in [-0.3, -0.25) is 0 Å². The molecule has 7 N–H and O–H groups in total. The first-order chi connectivity index (χ1) is 9.86. The van der Waals surface area contributed by atoms with Gasteiger partial charge in [-0.05, 0) is 0 Å². The van der Waals surface area contributed by atoms with Crippen molar-refractivity contribution in [2.24, 2.45) is 0 Å². The molecule has 2 fully saturated rings. The maximum absolute atomic E-state index is 9.92. The molecule has 10 nitrogen and oxygen atoms in total. The first-order valence-corrected chi connectivity index (χ1v) is 6.48. The van der Waals surface area contributed by atoms with Crippen LogP contribution in [0.3, 0.4) is 0 Å². The lowest BCUT2D eigenvalue weighted by Gasteiger charge is -2.43. The van der Waals surface area contributed by atoms with Gasteiger partial charge >= 0.3 is 0 Å². The van der Waals surface area contributed by atoms with Gasteiger partial charge in [0.05, 0.1) is 13.2 Å². The summed E-state index contributed by atoms with van der Waals surface area (Å²) in [5.41, 5.74) is 0. The van der Waals surface area contributed by atoms with Crippen LogP contribution in [0.4, 0.5) is 0 Å². The second-order valence-electron chi connectivity index (χ2n) is 5.08. The fourth-order valence-electron chi connectivity index (χ4n) is 2.28. The topological polar surface area (TPSA) is 169 Å². The van der Waals surface area contributed by atoms with Crippen molar-refractivity contribution in [3.05, 3.63) is 0 Å². The Labute approximate surface area is 119 Å². The number of aliphatic hydroxyl groups is 7. The molecule has 124 valence electrons. The van der Waals surface area contributed by atoms with Crippen molar-refractivity contribution in [3.63, 3.8) is 0 Å². The molecule has 0 aromatic rings. The predicted octanol–water partition coefficient (Wildman–Crippen LogP) is -4.76. The molecule has 2 rings (SSSR count). The minimum Gasteiger partial charge on any atom is -0.394 e. The number of ether oxygens (including phenoxy) is 3. The fourth-order valence-corrected chi connectivity index (χ4v) is 2.28. The summed E-state index contributed by atoms with van der Waals surface area (Å²) in [6, 6.07) is 0. The molecule has 0 aromatic carbocycles. The van der Waals surface area contributed by atoms with E-state index in [1.807, 2.05) is 0 Å². The molecule has 2 aliphatic rings. The largest absolute Gasteiger partial charge is 0.394 e. The number of rotatable bonds is 3. The Morgan fingerprint density at radius 3 is 2.19 bits per heavy atom. The SMILES string of the molecule is OC[C@H]1OC(O)[C@H](O)[C@@H](O[C@H]2OC[C@@H](O)[C@H](O)[C@H]2O)[C@@H]1O. The molecule has 21 heavy (non-hydrogen) atoms. The highest BCUT2D eigenvalue weighted by Gasteiger charge is 2.48. The molecule has 0 amide bonds. The molecule has 0 aliphatic carbocycles. The maximum Gasteiger partial charge on any atom is 0.186 e. The van der Waals surface area contributed by atoms with E-state index in [-0.39, 0.29) is 6.61 Å². The average Bonchev–Trinajstić information content (AvgIpc) is 2.47. The van der Waals surface area contributed by atoms with E-state index < -0.39 is 61.9 Å². The first-order valence-electron chi connectivity index (χ1n) is 6.48. The molecule has 0 aromatic heterocycles. The highest BCUT2D eigenvalue weighted by atomic mass is 16.7. The molecule has 10 heteroatoms. The van der Waals surface area contributed by atoms with Crippen LogP contribution in [0.5, 0.6) is 0 Å². The van der Waals surface area contributed by atoms with Gasteiger partial charge in [-0.2, -0.15) is 0 Å². The van der Waals surface area contributed by atoms with Crippen LogP contribution in [-0.4, -0.2) is 104 Å². The zero-order valence-corrected chi connectivity index (χ0v) is 11.0. The van der Waals surface area contributed by atoms with Crippen molar-refractivity contribution in [3.8, 4) is 0 Å². The summed E-state index contributed by atoms with van der Waals surface area (Å²) in [6.07, 6.45) is -13.3. The van der Waals surface area contributed by atoms with E-state index in [0.29, 0.717) is 0 Å². The molecule has 9 atom stereocenters. The molecule has 0 saturated carbocycles. The van der Waals surface area contributed by atoms with Crippen molar-refractivity contribution in [1.82, 2.24) is 0 Å². The van der Waals surface area contributed by atoms with Gasteiger partial charge in [-0.1, -0.05) is 0 Å². The van der Waals surface area contributed by atoms with Crippen molar-refractivity contribution in [2.45, 2.75) is 55.3 Å². The van der Waals surface area contributed by atoms with E-state index >= 15 is 0 Å². The molecule has 0 spiro atoms. The minimum atomic E-state index is -1.70. The Kier molecular flexibility index (Phi) is 5.48. The smallest absolute Gasteiger partial charge is 0.186 e. The van der Waals surface area contributed by atoms with Crippen molar-refractivity contribution in [1.29, 1.82) is 0 Å². The van der Waals surface area contributed by atoms with Gasteiger partial charge in [0.2, 0.25) is 0 Å². The van der Waals surface area contributed by atoms with Gasteiger partial charge in [-0.15, -0.1) is 0 Å². The Hall–Kier alpha value is -0.400. The van der Waals surface area contributed by atoms with Crippen LogP contribution in [0.2, 0.25) is 0 Å². The fraction of sp³-hybridized carbons (Fsp3) is 1.00. The van der Waals surface area contributed by atoms with Gasteiger partial charge in [0.15, 0.2) is 12.6 Å². The summed E-state index contributed by atoms with van der Waals surface area (Å²) < 4.78 is 15.0. The van der Waals surface area contributed by atoms with Crippen LogP contribution < -0.4 is 0 Å². The Bertz CT molecular complexity index is 341. The second-order valence-corrected chi connectivity index (χ2v) is 5.08. The lowest BCUT2D eigenvalue weighted by Crippen LogP contribution is -2.62. The zero-order chi connectivity index (χ0) is 15.7. The highest BCUT2D eigenvalue weighted by Crippen LogP contribution is 2.26. The van der Waals surface area contributed by atoms with Gasteiger partial charge in [0.25, 0.3) is 0 Å². The Morgan fingerprint density at radius 2 is 1.57 bits per heavy atom. The van der Waals surface area contributed by atoms with E-state index in [9.17, 15) is 30.6 Å². The Balaban J connectivity index is 2.05. The van der Waals surface area contributed by atoms with E-state index in [1.54, 1.807) is 0 Å². The molecule has 0 radical (unpaired) electrons. The van der Waals surface area contributed by atoms with Crippen LogP contribution >= 0.6 is 0 Å². The third-order valence-electron chi connectivity index (χ3n) is 3.59. The van der Waals surface area contributed by atoms with E-state index in [0.717, 1.165) is 0 Å². The lowest BCUT2D eigenvalue weighted by atomic mass is 9.98. The predicted molar refractivity (Wildman–Crippen MR) is 62.6 cm³/mol. The molecule has 2 heterocycles. The molecule has 2 aliphatic heterocycles. The number of aliphatic hydroxyl groups excluding tert-OH is 7. The molecule has 2 saturated heterocycles. The molecular formula is C11H20O10. The monoisotopic (exact) mass is 312 g/mol. The van der Waals surface area contributed by atoms with E-state index in [1.165, 1.54) is 0 Å².